The van der Waals surface area contributed by atoms with Crippen molar-refractivity contribution in [2.24, 2.45) is 0 Å². The zero-order valence-corrected chi connectivity index (χ0v) is 12.8. The van der Waals surface area contributed by atoms with Crippen LogP contribution in [0, 0.1) is 0 Å². The zero-order valence-electron chi connectivity index (χ0n) is 11.3. The molecular weight excluding hydrogens is 291 g/mol. The van der Waals surface area contributed by atoms with Crippen LogP contribution >= 0.6 is 23.2 Å². The minimum atomic E-state index is -0.0466. The summed E-state index contributed by atoms with van der Waals surface area (Å²) in [6, 6.07) is 14.1. The van der Waals surface area contributed by atoms with Crippen LogP contribution in [0.4, 0.5) is 0 Å². The van der Waals surface area contributed by atoms with Gasteiger partial charge in [0.2, 0.25) is 0 Å². The standard InChI is InChI=1S/C17H16Cl2O/c1-11-7-14-10-13(5-6-17(14)20-11)16(19)9-12-3-2-4-15(18)8-12/h2-6,8,10-11,16H,7,9H2,1H3. The molecule has 0 saturated heterocycles. The highest BCUT2D eigenvalue weighted by atomic mass is 35.5. The molecule has 20 heavy (non-hydrogen) atoms. The van der Waals surface area contributed by atoms with Crippen LogP contribution in [0.15, 0.2) is 42.5 Å². The van der Waals surface area contributed by atoms with Gasteiger partial charge in [0.15, 0.2) is 0 Å². The molecule has 0 fully saturated rings. The van der Waals surface area contributed by atoms with Crippen molar-refractivity contribution in [1.82, 2.24) is 0 Å². The molecule has 1 heterocycles. The van der Waals surface area contributed by atoms with Gasteiger partial charge in [0, 0.05) is 11.4 Å². The van der Waals surface area contributed by atoms with E-state index in [0.29, 0.717) is 0 Å². The molecule has 2 aromatic carbocycles. The van der Waals surface area contributed by atoms with Gasteiger partial charge in [0.1, 0.15) is 11.9 Å². The maximum absolute atomic E-state index is 6.55. The molecule has 104 valence electrons. The van der Waals surface area contributed by atoms with Crippen LogP contribution in [-0.2, 0) is 12.8 Å². The lowest BCUT2D eigenvalue weighted by Crippen LogP contribution is -2.05. The van der Waals surface area contributed by atoms with E-state index in [1.54, 1.807) is 0 Å². The van der Waals surface area contributed by atoms with Gasteiger partial charge in [-0.05, 0) is 48.2 Å². The number of alkyl halides is 1. The van der Waals surface area contributed by atoms with E-state index in [2.05, 4.69) is 25.1 Å². The smallest absolute Gasteiger partial charge is 0.123 e. The maximum atomic E-state index is 6.55. The zero-order chi connectivity index (χ0) is 14.1. The summed E-state index contributed by atoms with van der Waals surface area (Å²) in [6.45, 7) is 2.09. The van der Waals surface area contributed by atoms with E-state index < -0.39 is 0 Å². The monoisotopic (exact) mass is 306 g/mol. The van der Waals surface area contributed by atoms with Crippen molar-refractivity contribution in [2.75, 3.05) is 0 Å². The molecule has 0 aromatic heterocycles. The highest BCUT2D eigenvalue weighted by molar-refractivity contribution is 6.30. The second kappa shape index (κ2) is 5.67. The van der Waals surface area contributed by atoms with E-state index in [1.165, 1.54) is 5.56 Å². The van der Waals surface area contributed by atoms with Gasteiger partial charge < -0.3 is 4.74 Å². The first-order valence-corrected chi connectivity index (χ1v) is 7.61. The normalized spacial score (nSPS) is 18.4. The summed E-state index contributed by atoms with van der Waals surface area (Å²) in [5.74, 6) is 0.993. The second-order valence-corrected chi connectivity index (χ2v) is 6.26. The van der Waals surface area contributed by atoms with E-state index in [0.717, 1.165) is 34.7 Å². The van der Waals surface area contributed by atoms with E-state index in [9.17, 15) is 0 Å². The Balaban J connectivity index is 1.78. The third-order valence-corrected chi connectivity index (χ3v) is 4.23. The number of halogens is 2. The third-order valence-electron chi connectivity index (χ3n) is 3.59. The molecular formula is C17H16Cl2O. The molecule has 1 aliphatic heterocycles. The van der Waals surface area contributed by atoms with E-state index in [4.69, 9.17) is 27.9 Å². The fourth-order valence-electron chi connectivity index (χ4n) is 2.63. The molecule has 0 bridgehead atoms. The summed E-state index contributed by atoms with van der Waals surface area (Å²) < 4.78 is 5.71. The SMILES string of the molecule is CC1Cc2cc(C(Cl)Cc3cccc(Cl)c3)ccc2O1. The highest BCUT2D eigenvalue weighted by Gasteiger charge is 2.20. The second-order valence-electron chi connectivity index (χ2n) is 5.30. The topological polar surface area (TPSA) is 9.23 Å². The van der Waals surface area contributed by atoms with Crippen LogP contribution in [0.3, 0.4) is 0 Å². The molecule has 3 rings (SSSR count). The fourth-order valence-corrected chi connectivity index (χ4v) is 3.15. The minimum Gasteiger partial charge on any atom is -0.490 e. The summed E-state index contributed by atoms with van der Waals surface area (Å²) in [5, 5.41) is 0.706. The number of hydrogen-bond donors (Lipinski definition) is 0. The predicted octanol–water partition coefficient (Wildman–Crippen LogP) is 5.19. The largest absolute Gasteiger partial charge is 0.490 e. The number of ether oxygens (including phenoxy) is 1. The van der Waals surface area contributed by atoms with Crippen molar-refractivity contribution in [3.8, 4) is 5.75 Å². The lowest BCUT2D eigenvalue weighted by molar-refractivity contribution is 0.254. The van der Waals surface area contributed by atoms with Crippen molar-refractivity contribution >= 4 is 23.2 Å². The Hall–Kier alpha value is -1.18. The third kappa shape index (κ3) is 2.94. The number of rotatable bonds is 3. The summed E-state index contributed by atoms with van der Waals surface area (Å²) in [5.41, 5.74) is 3.55. The lowest BCUT2D eigenvalue weighted by atomic mass is 10.0. The summed E-state index contributed by atoms with van der Waals surface area (Å²) in [4.78, 5) is 0. The first-order valence-electron chi connectivity index (χ1n) is 6.80. The summed E-state index contributed by atoms with van der Waals surface area (Å²) in [7, 11) is 0. The molecule has 3 heteroatoms. The van der Waals surface area contributed by atoms with Crippen LogP contribution in [0.5, 0.6) is 5.75 Å². The van der Waals surface area contributed by atoms with Gasteiger partial charge in [-0.2, -0.15) is 0 Å². The van der Waals surface area contributed by atoms with Gasteiger partial charge in [-0.1, -0.05) is 35.9 Å². The molecule has 0 spiro atoms. The van der Waals surface area contributed by atoms with Crippen LogP contribution in [0.25, 0.3) is 0 Å². The molecule has 1 aliphatic rings. The highest BCUT2D eigenvalue weighted by Crippen LogP contribution is 2.34. The first kappa shape index (κ1) is 13.8. The van der Waals surface area contributed by atoms with Crippen molar-refractivity contribution in [2.45, 2.75) is 31.2 Å². The van der Waals surface area contributed by atoms with E-state index in [1.807, 2.05) is 24.3 Å². The number of fused-ring (bicyclic) bond motifs is 1. The molecule has 0 amide bonds. The van der Waals surface area contributed by atoms with Crippen LogP contribution in [0.1, 0.15) is 29.0 Å². The predicted molar refractivity (Wildman–Crippen MR) is 84.0 cm³/mol. The minimum absolute atomic E-state index is 0.0466. The molecule has 0 radical (unpaired) electrons. The maximum Gasteiger partial charge on any atom is 0.123 e. The summed E-state index contributed by atoms with van der Waals surface area (Å²) >= 11 is 12.6. The van der Waals surface area contributed by atoms with Crippen LogP contribution < -0.4 is 4.74 Å². The Bertz CT molecular complexity index is 624. The van der Waals surface area contributed by atoms with Crippen LogP contribution in [0.2, 0.25) is 5.02 Å². The molecule has 2 aromatic rings. The van der Waals surface area contributed by atoms with E-state index in [-0.39, 0.29) is 11.5 Å². The van der Waals surface area contributed by atoms with Gasteiger partial charge >= 0.3 is 0 Å². The molecule has 0 aliphatic carbocycles. The number of benzene rings is 2. The molecule has 2 atom stereocenters. The molecule has 1 nitrogen and oxygen atoms in total. The fraction of sp³-hybridized carbons (Fsp3) is 0.294. The van der Waals surface area contributed by atoms with Gasteiger partial charge in [0.05, 0.1) is 5.38 Å². The van der Waals surface area contributed by atoms with Crippen molar-refractivity contribution in [1.29, 1.82) is 0 Å². The molecule has 0 N–H and O–H groups in total. The van der Waals surface area contributed by atoms with Gasteiger partial charge in [-0.3, -0.25) is 0 Å². The Labute approximate surface area is 129 Å². The van der Waals surface area contributed by atoms with Gasteiger partial charge in [0.25, 0.3) is 0 Å². The van der Waals surface area contributed by atoms with Crippen LogP contribution in [-0.4, -0.2) is 6.10 Å². The van der Waals surface area contributed by atoms with E-state index >= 15 is 0 Å². The summed E-state index contributed by atoms with van der Waals surface area (Å²) in [6.07, 6.45) is 2.00. The van der Waals surface area contributed by atoms with Crippen molar-refractivity contribution < 1.29 is 4.74 Å². The first-order chi connectivity index (χ1) is 9.61. The average Bonchev–Trinajstić information content (AvgIpc) is 2.77. The van der Waals surface area contributed by atoms with Gasteiger partial charge in [-0.15, -0.1) is 11.6 Å². The number of hydrogen-bond acceptors (Lipinski definition) is 1. The Morgan fingerprint density at radius 1 is 1.25 bits per heavy atom. The Morgan fingerprint density at radius 3 is 2.90 bits per heavy atom. The van der Waals surface area contributed by atoms with Crippen molar-refractivity contribution in [3.63, 3.8) is 0 Å². The van der Waals surface area contributed by atoms with Gasteiger partial charge in [-0.25, -0.2) is 0 Å². The Kier molecular flexibility index (Phi) is 3.91. The molecule has 2 unspecified atom stereocenters. The average molecular weight is 307 g/mol. The molecule has 0 saturated carbocycles. The quantitative estimate of drug-likeness (QED) is 0.709. The van der Waals surface area contributed by atoms with Crippen molar-refractivity contribution in [3.05, 3.63) is 64.2 Å². The lowest BCUT2D eigenvalue weighted by Gasteiger charge is -2.11. The Morgan fingerprint density at radius 2 is 2.10 bits per heavy atom.